The van der Waals surface area contributed by atoms with Crippen LogP contribution in [0.4, 0.5) is 11.5 Å². The predicted octanol–water partition coefficient (Wildman–Crippen LogP) is 0.883. The Kier molecular flexibility index (Phi) is 13.8. The van der Waals surface area contributed by atoms with Gasteiger partial charge in [-0.3, -0.25) is 13.9 Å². The van der Waals surface area contributed by atoms with Gasteiger partial charge in [0.1, 0.15) is 49.6 Å². The monoisotopic (exact) mass is 949 g/mol. The molecule has 0 bridgehead atoms. The molecule has 2 aliphatic heterocycles. The van der Waals surface area contributed by atoms with Crippen LogP contribution < -0.4 is 31.6 Å². The highest BCUT2D eigenvalue weighted by atomic mass is 31.3. The average molecular weight is 950 g/mol. The lowest BCUT2D eigenvalue weighted by atomic mass is 9.89. The number of hydrogen-bond donors (Lipinski definition) is 9. The van der Waals surface area contributed by atoms with Gasteiger partial charge in [0.05, 0.1) is 30.3 Å². The number of nitrogens with zero attached hydrogens (tertiary/aromatic N) is 4. The van der Waals surface area contributed by atoms with Crippen molar-refractivity contribution >= 4 is 57.8 Å². The van der Waals surface area contributed by atoms with Gasteiger partial charge in [0.25, 0.3) is 5.91 Å². The Balaban J connectivity index is 1.22. The van der Waals surface area contributed by atoms with Crippen LogP contribution in [0.1, 0.15) is 32.5 Å². The molecule has 6 atom stereocenters. The molecule has 0 spiro atoms. The number of phosphoric acid groups is 3. The third kappa shape index (κ3) is 10.8. The van der Waals surface area contributed by atoms with Crippen LogP contribution in [-0.2, 0) is 31.6 Å². The maximum Gasteiger partial charge on any atom is 0.490 e. The highest BCUT2D eigenvalue weighted by Gasteiger charge is 2.47. The number of aliphatic hydroxyl groups excluding tert-OH is 2. The SMILES string of the molecule is CN(C)c1ccc2c(-c3cc(C(=O)NCC#Cc4cn([C@@H]5O[C@H](COP(=O)(O)OP(=O)(O)OP(=O)(O)O)[C@@H](O)[C@H]5O)c(=O)nc4N)ccc3C(=O)O)c3ccc(=[N+](C)C)cc-3oc2c1. The van der Waals surface area contributed by atoms with Crippen molar-refractivity contribution in [2.24, 2.45) is 0 Å². The number of nitrogens with one attached hydrogen (secondary N) is 1. The second-order valence-electron chi connectivity index (χ2n) is 14.3. The van der Waals surface area contributed by atoms with Crippen molar-refractivity contribution < 1.29 is 80.5 Å². The number of ether oxygens (including phenoxy) is 1. The lowest BCUT2D eigenvalue weighted by molar-refractivity contribution is -0.0541. The fourth-order valence-corrected chi connectivity index (χ4v) is 9.52. The summed E-state index contributed by atoms with van der Waals surface area (Å²) in [5, 5.41) is 35.5. The van der Waals surface area contributed by atoms with Gasteiger partial charge < -0.3 is 60.0 Å². The molecular weight excluding hydrogens is 909 g/mol. The number of carboxylic acid groups (broad SMARTS) is 1. The molecule has 2 aromatic carbocycles. The number of carbonyl (C=O) groups excluding carboxylic acids is 1. The third-order valence-electron chi connectivity index (χ3n) is 9.47. The minimum absolute atomic E-state index is 0.0777. The Morgan fingerprint density at radius 3 is 2.34 bits per heavy atom. The van der Waals surface area contributed by atoms with E-state index in [1.54, 1.807) is 0 Å². The molecule has 1 saturated heterocycles. The first kappa shape index (κ1) is 47.9. The summed E-state index contributed by atoms with van der Waals surface area (Å²) in [5.41, 5.74) is 7.36. The predicted molar refractivity (Wildman–Crippen MR) is 225 cm³/mol. The molecule has 0 saturated carbocycles. The summed E-state index contributed by atoms with van der Waals surface area (Å²) in [7, 11) is -9.68. The first-order chi connectivity index (χ1) is 29.8. The number of rotatable bonds is 13. The number of amides is 1. The van der Waals surface area contributed by atoms with E-state index < -0.39 is 72.2 Å². The Morgan fingerprint density at radius 2 is 1.69 bits per heavy atom. The number of aromatic nitrogens is 2. The van der Waals surface area contributed by atoms with E-state index >= 15 is 0 Å². The summed E-state index contributed by atoms with van der Waals surface area (Å²) in [4.78, 5) is 81.0. The minimum atomic E-state index is -5.86. The fraction of sp³-hybridized carbons (Fsp3) is 0.270. The van der Waals surface area contributed by atoms with Crippen molar-refractivity contribution in [3.05, 3.63) is 93.3 Å². The lowest BCUT2D eigenvalue weighted by Crippen LogP contribution is -2.36. The number of nitrogen functional groups attached to an aromatic ring is 1. The molecule has 27 heteroatoms. The van der Waals surface area contributed by atoms with E-state index in [0.29, 0.717) is 32.4 Å². The number of anilines is 2. The van der Waals surface area contributed by atoms with Gasteiger partial charge in [-0.15, -0.1) is 0 Å². The molecule has 6 rings (SSSR count). The van der Waals surface area contributed by atoms with Gasteiger partial charge >= 0.3 is 35.1 Å². The van der Waals surface area contributed by atoms with Crippen molar-refractivity contribution in [1.29, 1.82) is 0 Å². The number of aliphatic hydroxyl groups is 2. The van der Waals surface area contributed by atoms with E-state index in [-0.39, 0.29) is 34.6 Å². The average Bonchev–Trinajstić information content (AvgIpc) is 3.47. The molecule has 3 aromatic rings. The van der Waals surface area contributed by atoms with Crippen LogP contribution in [-0.4, -0.2) is 116 Å². The molecule has 24 nitrogen and oxygen atoms in total. The zero-order chi connectivity index (χ0) is 47.1. The topological polar surface area (TPSA) is 356 Å². The van der Waals surface area contributed by atoms with Crippen LogP contribution in [0, 0.1) is 11.8 Å². The summed E-state index contributed by atoms with van der Waals surface area (Å²) >= 11 is 0. The highest BCUT2D eigenvalue weighted by molar-refractivity contribution is 7.66. The van der Waals surface area contributed by atoms with Crippen molar-refractivity contribution in [2.75, 3.05) is 52.0 Å². The number of carbonyl (C=O) groups is 2. The van der Waals surface area contributed by atoms with Crippen LogP contribution in [0.2, 0.25) is 0 Å². The normalized spacial score (nSPS) is 19.3. The van der Waals surface area contributed by atoms with Crippen LogP contribution in [0.25, 0.3) is 33.4 Å². The van der Waals surface area contributed by atoms with Gasteiger partial charge in [-0.25, -0.2) is 27.9 Å². The van der Waals surface area contributed by atoms with Gasteiger partial charge in [-0.1, -0.05) is 11.8 Å². The van der Waals surface area contributed by atoms with Crippen molar-refractivity contribution in [3.8, 4) is 34.3 Å². The second-order valence-corrected chi connectivity index (χ2v) is 18.8. The standard InChI is InChI=1S/C37H39N6O18P3/c1-41(2)21-8-11-24-27(15-21)58-28-16-22(42(3)4)9-12-25(28)30(24)26-14-19(7-10-23(26)36(47)48)34(46)39-13-5-6-20-17-43(37(49)40-33(20)38)35-32(45)31(44)29(59-35)18-57-63(53,54)61-64(55,56)60-62(50,51)52/h7-12,14-17,29,31-32,35,44-45H,13,18H2,1-4H3,(H7-,38,39,40,46,47,48,49,50,51,52,53,54,55,56)/p+1/t29-,31-,32-,35-/m1/s1. The molecule has 64 heavy (non-hydrogen) atoms. The van der Waals surface area contributed by atoms with Gasteiger partial charge in [-0.2, -0.15) is 13.6 Å². The molecule has 1 aromatic heterocycles. The summed E-state index contributed by atoms with van der Waals surface area (Å²) in [6.45, 7) is -1.46. The Hall–Kier alpha value is -5.60. The van der Waals surface area contributed by atoms with Crippen LogP contribution in [0.5, 0.6) is 0 Å². The summed E-state index contributed by atoms with van der Waals surface area (Å²) in [6, 6.07) is 15.1. The molecule has 340 valence electrons. The number of phosphoric ester groups is 1. The zero-order valence-corrected chi connectivity index (χ0v) is 36.5. The number of aromatic carboxylic acids is 1. The van der Waals surface area contributed by atoms with E-state index in [0.717, 1.165) is 17.2 Å². The van der Waals surface area contributed by atoms with E-state index in [2.05, 4.69) is 35.3 Å². The highest BCUT2D eigenvalue weighted by Crippen LogP contribution is 2.66. The van der Waals surface area contributed by atoms with Gasteiger partial charge in [0, 0.05) is 60.2 Å². The molecule has 0 radical (unpaired) electrons. The molecule has 1 fully saturated rings. The van der Waals surface area contributed by atoms with Crippen LogP contribution >= 0.6 is 23.5 Å². The number of nitrogens with two attached hydrogens (primary N) is 1. The summed E-state index contributed by atoms with van der Waals surface area (Å²) in [6.07, 6.45) is -6.32. The van der Waals surface area contributed by atoms with Crippen LogP contribution in [0.3, 0.4) is 0 Å². The fourth-order valence-electron chi connectivity index (χ4n) is 6.49. The summed E-state index contributed by atoms with van der Waals surface area (Å²) in [5.74, 6) is 3.50. The van der Waals surface area contributed by atoms with Crippen LogP contribution in [0.15, 0.2) is 70.0 Å². The van der Waals surface area contributed by atoms with Gasteiger partial charge in [0.2, 0.25) is 5.36 Å². The zero-order valence-electron chi connectivity index (χ0n) is 33.8. The van der Waals surface area contributed by atoms with E-state index in [1.165, 1.54) is 18.2 Å². The molecule has 1 amide bonds. The summed E-state index contributed by atoms with van der Waals surface area (Å²) < 4.78 is 60.7. The second kappa shape index (κ2) is 18.5. The number of benzene rings is 3. The molecule has 3 heterocycles. The Morgan fingerprint density at radius 1 is 0.969 bits per heavy atom. The minimum Gasteiger partial charge on any atom is -0.478 e. The van der Waals surface area contributed by atoms with E-state index in [9.17, 15) is 53.2 Å². The smallest absolute Gasteiger partial charge is 0.478 e. The van der Waals surface area contributed by atoms with E-state index in [1.807, 2.05) is 74.1 Å². The molecule has 2 unspecified atom stereocenters. The van der Waals surface area contributed by atoms with Gasteiger partial charge in [0.15, 0.2) is 6.23 Å². The quantitative estimate of drug-likeness (QED) is 0.0342. The third-order valence-corrected chi connectivity index (χ3v) is 13.3. The molecule has 1 aliphatic carbocycles. The molecule has 10 N–H and O–H groups in total. The van der Waals surface area contributed by atoms with E-state index in [4.69, 9.17) is 24.7 Å². The number of carboxylic acids is 1. The van der Waals surface area contributed by atoms with Crippen molar-refractivity contribution in [1.82, 2.24) is 19.4 Å². The Bertz CT molecular complexity index is 2990. The maximum atomic E-state index is 13.5. The number of hydrogen-bond acceptors (Lipinski definition) is 16. The first-order valence-corrected chi connectivity index (χ1v) is 22.9. The number of fused-ring (bicyclic) bond motifs is 2. The lowest BCUT2D eigenvalue weighted by Gasteiger charge is -2.19. The molecular formula is C37H40N6O18P3+. The van der Waals surface area contributed by atoms with Crippen molar-refractivity contribution in [2.45, 2.75) is 24.5 Å². The Labute approximate surface area is 361 Å². The maximum absolute atomic E-state index is 13.5. The first-order valence-electron chi connectivity index (χ1n) is 18.4. The largest absolute Gasteiger partial charge is 0.490 e. The van der Waals surface area contributed by atoms with Gasteiger partial charge in [-0.05, 0) is 42.0 Å². The molecule has 3 aliphatic rings. The van der Waals surface area contributed by atoms with Crippen molar-refractivity contribution in [3.63, 3.8) is 0 Å².